The summed E-state index contributed by atoms with van der Waals surface area (Å²) in [7, 11) is 1.66. The van der Waals surface area contributed by atoms with E-state index >= 15 is 0 Å². The lowest BCUT2D eigenvalue weighted by molar-refractivity contribution is -0.108. The van der Waals surface area contributed by atoms with E-state index in [1.165, 1.54) is 10.9 Å². The smallest absolute Gasteiger partial charge is 0.338 e. The van der Waals surface area contributed by atoms with Crippen LogP contribution in [-0.4, -0.2) is 68.9 Å². The molecule has 1 aliphatic rings. The van der Waals surface area contributed by atoms with E-state index in [4.69, 9.17) is 24.7 Å². The van der Waals surface area contributed by atoms with Gasteiger partial charge in [-0.3, -0.25) is 4.57 Å². The van der Waals surface area contributed by atoms with E-state index in [1.54, 1.807) is 105 Å². The van der Waals surface area contributed by atoms with Crippen molar-refractivity contribution in [1.82, 2.24) is 19.5 Å². The molecule has 6 rings (SSSR count). The van der Waals surface area contributed by atoms with Gasteiger partial charge in [-0.05, 0) is 43.3 Å². The largest absolute Gasteiger partial charge is 0.459 e. The van der Waals surface area contributed by atoms with Crippen molar-refractivity contribution in [3.8, 4) is 0 Å². The SMILES string of the molecule is CNc1nc(N)nc2c1ncn2[C@@H]1O[C@H](COC(=O)c2ccccc2)[C@@H](OC(=O)c2ccccc2)[C@@]1(C)OC(=O)c1ccccc1. The van der Waals surface area contributed by atoms with E-state index in [0.29, 0.717) is 16.9 Å². The number of anilines is 2. The number of carbonyl (C=O) groups excluding carboxylic acids is 3. The molecule has 1 aliphatic heterocycles. The third-order valence-electron chi connectivity index (χ3n) is 7.58. The second kappa shape index (κ2) is 12.7. The number of fused-ring (bicyclic) bond motifs is 1. The van der Waals surface area contributed by atoms with Crippen LogP contribution in [0.4, 0.5) is 11.8 Å². The van der Waals surface area contributed by atoms with Crippen molar-refractivity contribution in [2.45, 2.75) is 31.0 Å². The Morgan fingerprint density at radius 3 is 2.02 bits per heavy atom. The molecule has 0 bridgehead atoms. The molecule has 1 fully saturated rings. The average Bonchev–Trinajstić information content (AvgIpc) is 3.62. The normalized spacial score (nSPS) is 20.6. The summed E-state index contributed by atoms with van der Waals surface area (Å²) in [6.07, 6.45) is -2.12. The van der Waals surface area contributed by atoms with Crippen molar-refractivity contribution in [3.05, 3.63) is 114 Å². The van der Waals surface area contributed by atoms with E-state index in [0.717, 1.165) is 0 Å². The second-order valence-corrected chi connectivity index (χ2v) is 10.6. The van der Waals surface area contributed by atoms with Crippen LogP contribution < -0.4 is 11.1 Å². The highest BCUT2D eigenvalue weighted by Crippen LogP contribution is 2.45. The summed E-state index contributed by atoms with van der Waals surface area (Å²) in [5.74, 6) is -1.69. The summed E-state index contributed by atoms with van der Waals surface area (Å²) in [5.41, 5.74) is 5.77. The van der Waals surface area contributed by atoms with Gasteiger partial charge in [0.1, 0.15) is 12.7 Å². The number of nitrogens with two attached hydrogens (primary N) is 1. The zero-order valence-corrected chi connectivity index (χ0v) is 24.9. The molecule has 0 saturated carbocycles. The van der Waals surface area contributed by atoms with Crippen LogP contribution in [0.2, 0.25) is 0 Å². The number of benzene rings is 3. The van der Waals surface area contributed by atoms with Crippen molar-refractivity contribution >= 4 is 40.8 Å². The first-order valence-corrected chi connectivity index (χ1v) is 14.4. The number of nitrogens with one attached hydrogen (secondary N) is 1. The number of nitrogen functional groups attached to an aromatic ring is 1. The highest BCUT2D eigenvalue weighted by Gasteiger charge is 2.60. The van der Waals surface area contributed by atoms with Crippen LogP contribution in [0.5, 0.6) is 0 Å². The molecule has 0 unspecified atom stereocenters. The van der Waals surface area contributed by atoms with Crippen LogP contribution >= 0.6 is 0 Å². The topological polar surface area (TPSA) is 170 Å². The van der Waals surface area contributed by atoms with Crippen molar-refractivity contribution in [3.63, 3.8) is 0 Å². The van der Waals surface area contributed by atoms with Gasteiger partial charge in [-0.25, -0.2) is 19.4 Å². The Labute approximate surface area is 263 Å². The number of imidazole rings is 1. The Hall–Kier alpha value is -5.82. The Kier molecular flexibility index (Phi) is 8.31. The summed E-state index contributed by atoms with van der Waals surface area (Å²) >= 11 is 0. The molecule has 234 valence electrons. The second-order valence-electron chi connectivity index (χ2n) is 10.6. The summed E-state index contributed by atoms with van der Waals surface area (Å²) in [5, 5.41) is 2.94. The zero-order chi connectivity index (χ0) is 32.3. The highest BCUT2D eigenvalue weighted by molar-refractivity contribution is 5.91. The maximum absolute atomic E-state index is 13.6. The van der Waals surface area contributed by atoms with E-state index in [9.17, 15) is 14.4 Å². The quantitative estimate of drug-likeness (QED) is 0.179. The summed E-state index contributed by atoms with van der Waals surface area (Å²) in [4.78, 5) is 53.1. The Morgan fingerprint density at radius 2 is 1.43 bits per heavy atom. The minimum atomic E-state index is -1.71. The molecule has 0 spiro atoms. The zero-order valence-electron chi connectivity index (χ0n) is 24.9. The molecule has 3 aromatic carbocycles. The summed E-state index contributed by atoms with van der Waals surface area (Å²) < 4.78 is 25.9. The van der Waals surface area contributed by atoms with Crippen LogP contribution in [-0.2, 0) is 18.9 Å². The lowest BCUT2D eigenvalue weighted by Crippen LogP contribution is -2.50. The first-order chi connectivity index (χ1) is 22.3. The van der Waals surface area contributed by atoms with Gasteiger partial charge in [0.15, 0.2) is 34.9 Å². The molecule has 5 aromatic rings. The van der Waals surface area contributed by atoms with E-state index in [-0.39, 0.29) is 29.3 Å². The molecular formula is C33H30N6O7. The number of nitrogens with zero attached hydrogens (tertiary/aromatic N) is 4. The minimum Gasteiger partial charge on any atom is -0.459 e. The maximum Gasteiger partial charge on any atom is 0.338 e. The fourth-order valence-corrected chi connectivity index (χ4v) is 5.34. The van der Waals surface area contributed by atoms with Gasteiger partial charge in [0.25, 0.3) is 0 Å². The van der Waals surface area contributed by atoms with Crippen molar-refractivity contribution in [2.24, 2.45) is 0 Å². The van der Waals surface area contributed by atoms with Crippen molar-refractivity contribution < 1.29 is 33.3 Å². The van der Waals surface area contributed by atoms with Crippen molar-refractivity contribution in [1.29, 1.82) is 0 Å². The van der Waals surface area contributed by atoms with Gasteiger partial charge in [0.05, 0.1) is 23.0 Å². The third kappa shape index (κ3) is 5.83. The Morgan fingerprint density at radius 1 is 0.870 bits per heavy atom. The van der Waals surface area contributed by atoms with Gasteiger partial charge in [-0.2, -0.15) is 9.97 Å². The maximum atomic E-state index is 13.6. The van der Waals surface area contributed by atoms with Crippen LogP contribution in [0.1, 0.15) is 44.2 Å². The van der Waals surface area contributed by atoms with E-state index in [2.05, 4.69) is 20.3 Å². The molecule has 1 saturated heterocycles. The van der Waals surface area contributed by atoms with Crippen LogP contribution in [0.15, 0.2) is 97.3 Å². The lowest BCUT2D eigenvalue weighted by Gasteiger charge is -2.34. The average molecular weight is 623 g/mol. The predicted octanol–water partition coefficient (Wildman–Crippen LogP) is 4.05. The monoisotopic (exact) mass is 622 g/mol. The van der Waals surface area contributed by atoms with Crippen molar-refractivity contribution in [2.75, 3.05) is 24.7 Å². The van der Waals surface area contributed by atoms with Crippen LogP contribution in [0.3, 0.4) is 0 Å². The first kappa shape index (κ1) is 30.2. The van der Waals surface area contributed by atoms with Crippen LogP contribution in [0, 0.1) is 0 Å². The molecule has 13 nitrogen and oxygen atoms in total. The standard InChI is InChI=1S/C33H30N6O7/c1-33(46-30(42)22-16-10-5-11-17-22)25(45-29(41)21-14-8-4-9-15-21)23(18-43-28(40)20-12-6-3-7-13-20)44-31(33)39-19-36-24-26(35-2)37-32(34)38-27(24)39/h3-17,19,23,25,31H,18H2,1-2H3,(H3,34,35,37,38)/t23-,25-,31-,33-/m1/s1. The fraction of sp³-hybridized carbons (Fsp3) is 0.212. The molecular weight excluding hydrogens is 592 g/mol. The summed E-state index contributed by atoms with van der Waals surface area (Å²) in [6, 6.07) is 25.1. The predicted molar refractivity (Wildman–Crippen MR) is 166 cm³/mol. The number of esters is 3. The van der Waals surface area contributed by atoms with Gasteiger partial charge in [0.2, 0.25) is 5.95 Å². The molecule has 3 N–H and O–H groups in total. The first-order valence-electron chi connectivity index (χ1n) is 14.4. The molecule has 0 amide bonds. The van der Waals surface area contributed by atoms with Gasteiger partial charge in [0, 0.05) is 7.05 Å². The fourth-order valence-electron chi connectivity index (χ4n) is 5.34. The van der Waals surface area contributed by atoms with E-state index < -0.39 is 41.9 Å². The number of hydrogen-bond acceptors (Lipinski definition) is 12. The van der Waals surface area contributed by atoms with E-state index in [1.807, 2.05) is 0 Å². The molecule has 0 radical (unpaired) electrons. The number of ether oxygens (including phenoxy) is 4. The molecule has 13 heteroatoms. The van der Waals surface area contributed by atoms with Gasteiger partial charge >= 0.3 is 17.9 Å². The highest BCUT2D eigenvalue weighted by atomic mass is 16.7. The Bertz CT molecular complexity index is 1870. The Balaban J connectivity index is 1.43. The third-order valence-corrected chi connectivity index (χ3v) is 7.58. The lowest BCUT2D eigenvalue weighted by atomic mass is 9.95. The van der Waals surface area contributed by atoms with Gasteiger partial charge in [-0.15, -0.1) is 0 Å². The van der Waals surface area contributed by atoms with Gasteiger partial charge < -0.3 is 30.0 Å². The number of aromatic nitrogens is 4. The molecule has 2 aromatic heterocycles. The minimum absolute atomic E-state index is 0.0417. The molecule has 3 heterocycles. The summed E-state index contributed by atoms with van der Waals surface area (Å²) in [6.45, 7) is 1.23. The number of carbonyl (C=O) groups is 3. The number of rotatable bonds is 9. The van der Waals surface area contributed by atoms with Gasteiger partial charge in [-0.1, -0.05) is 54.6 Å². The molecule has 4 atom stereocenters. The van der Waals surface area contributed by atoms with Crippen LogP contribution in [0.25, 0.3) is 11.2 Å². The number of hydrogen-bond donors (Lipinski definition) is 2. The molecule has 0 aliphatic carbocycles. The molecule has 46 heavy (non-hydrogen) atoms.